The van der Waals surface area contributed by atoms with Crippen molar-refractivity contribution in [2.45, 2.75) is 33.3 Å². The van der Waals surface area contributed by atoms with Crippen LogP contribution in [0.5, 0.6) is 0 Å². The molecule has 1 saturated heterocycles. The Morgan fingerprint density at radius 2 is 2.29 bits per heavy atom. The fraction of sp³-hybridized carbons (Fsp3) is 1.00. The molecule has 1 nitrogen and oxygen atoms in total. The van der Waals surface area contributed by atoms with Gasteiger partial charge in [0.1, 0.15) is 0 Å². The first-order chi connectivity index (χ1) is 2.89. The second-order valence-electron chi connectivity index (χ2n) is 1.82. The van der Waals surface area contributed by atoms with Gasteiger partial charge < -0.3 is 4.74 Å². The molecule has 0 aromatic carbocycles. The summed E-state index contributed by atoms with van der Waals surface area (Å²) in [6.07, 6.45) is 3.08. The van der Waals surface area contributed by atoms with Crippen LogP contribution in [0.3, 0.4) is 0 Å². The van der Waals surface area contributed by atoms with Gasteiger partial charge in [0.15, 0.2) is 0 Å². The van der Waals surface area contributed by atoms with Crippen LogP contribution in [0.2, 0.25) is 0 Å². The van der Waals surface area contributed by atoms with Crippen LogP contribution in [-0.2, 0) is 4.74 Å². The molecule has 0 aromatic rings. The molecular formula is C6H14O. The first-order valence-corrected chi connectivity index (χ1v) is 2.51. The normalized spacial score (nSPS) is 29.6. The van der Waals surface area contributed by atoms with Crippen LogP contribution >= 0.6 is 0 Å². The Labute approximate surface area is 45.7 Å². The highest BCUT2D eigenvalue weighted by molar-refractivity contribution is 4.56. The Morgan fingerprint density at radius 1 is 1.57 bits per heavy atom. The monoisotopic (exact) mass is 102 g/mol. The minimum atomic E-state index is 0. The van der Waals surface area contributed by atoms with Gasteiger partial charge in [0.2, 0.25) is 0 Å². The summed E-state index contributed by atoms with van der Waals surface area (Å²) in [5, 5.41) is 0. The highest BCUT2D eigenvalue weighted by Gasteiger charge is 2.07. The van der Waals surface area contributed by atoms with E-state index in [1.54, 1.807) is 0 Å². The fourth-order valence-electron chi connectivity index (χ4n) is 0.739. The van der Waals surface area contributed by atoms with E-state index in [4.69, 9.17) is 4.74 Å². The quantitative estimate of drug-likeness (QED) is 0.453. The van der Waals surface area contributed by atoms with E-state index in [1.165, 1.54) is 12.8 Å². The van der Waals surface area contributed by atoms with Gasteiger partial charge in [0, 0.05) is 6.61 Å². The topological polar surface area (TPSA) is 9.23 Å². The summed E-state index contributed by atoms with van der Waals surface area (Å²) in [6.45, 7) is 3.11. The van der Waals surface area contributed by atoms with Gasteiger partial charge in [0.05, 0.1) is 6.10 Å². The predicted octanol–water partition coefficient (Wildman–Crippen LogP) is 1.82. The fourth-order valence-corrected chi connectivity index (χ4v) is 0.739. The minimum absolute atomic E-state index is 0. The van der Waals surface area contributed by atoms with Gasteiger partial charge >= 0.3 is 0 Å². The molecule has 0 spiro atoms. The number of ether oxygens (including phenoxy) is 1. The SMILES string of the molecule is C.C[C@@H]1CCCO1. The zero-order valence-electron chi connectivity index (χ0n) is 4.11. The van der Waals surface area contributed by atoms with Gasteiger partial charge in [-0.05, 0) is 19.8 Å². The average molecular weight is 102 g/mol. The van der Waals surface area contributed by atoms with Crippen molar-refractivity contribution < 1.29 is 4.74 Å². The first-order valence-electron chi connectivity index (χ1n) is 2.51. The molecule has 0 saturated carbocycles. The average Bonchev–Trinajstić information content (AvgIpc) is 1.86. The van der Waals surface area contributed by atoms with Crippen molar-refractivity contribution in [3.63, 3.8) is 0 Å². The van der Waals surface area contributed by atoms with Gasteiger partial charge in [-0.1, -0.05) is 7.43 Å². The molecular weight excluding hydrogens is 88.1 g/mol. The van der Waals surface area contributed by atoms with Crippen LogP contribution in [0, 0.1) is 0 Å². The zero-order valence-corrected chi connectivity index (χ0v) is 4.11. The molecule has 0 N–H and O–H groups in total. The zero-order chi connectivity index (χ0) is 4.41. The van der Waals surface area contributed by atoms with Crippen LogP contribution < -0.4 is 0 Å². The van der Waals surface area contributed by atoms with Crippen molar-refractivity contribution in [1.29, 1.82) is 0 Å². The summed E-state index contributed by atoms with van der Waals surface area (Å²) in [7, 11) is 0. The van der Waals surface area contributed by atoms with E-state index in [9.17, 15) is 0 Å². The Kier molecular flexibility index (Phi) is 3.01. The summed E-state index contributed by atoms with van der Waals surface area (Å²) in [6, 6.07) is 0. The third-order valence-corrected chi connectivity index (χ3v) is 1.16. The lowest BCUT2D eigenvalue weighted by atomic mass is 10.3. The second kappa shape index (κ2) is 3.03. The minimum Gasteiger partial charge on any atom is -0.379 e. The van der Waals surface area contributed by atoms with Crippen molar-refractivity contribution in [3.8, 4) is 0 Å². The molecule has 0 bridgehead atoms. The van der Waals surface area contributed by atoms with Crippen LogP contribution in [0.4, 0.5) is 0 Å². The lowest BCUT2D eigenvalue weighted by Gasteiger charge is -1.94. The van der Waals surface area contributed by atoms with E-state index in [0.717, 1.165) is 6.61 Å². The van der Waals surface area contributed by atoms with E-state index in [0.29, 0.717) is 6.10 Å². The highest BCUT2D eigenvalue weighted by Crippen LogP contribution is 2.09. The van der Waals surface area contributed by atoms with Crippen molar-refractivity contribution >= 4 is 0 Å². The standard InChI is InChI=1S/C5H10O.CH4/c1-5-3-2-4-6-5;/h5H,2-4H2,1H3;1H4/t5-;/m1./s1. The molecule has 1 aliphatic heterocycles. The molecule has 1 atom stereocenters. The maximum Gasteiger partial charge on any atom is 0.0547 e. The number of hydrogen-bond acceptors (Lipinski definition) is 1. The molecule has 1 aliphatic rings. The molecule has 1 heterocycles. The molecule has 7 heavy (non-hydrogen) atoms. The lowest BCUT2D eigenvalue weighted by Crippen LogP contribution is -1.94. The molecule has 1 heteroatoms. The van der Waals surface area contributed by atoms with Crippen molar-refractivity contribution in [2.24, 2.45) is 0 Å². The highest BCUT2D eigenvalue weighted by atomic mass is 16.5. The van der Waals surface area contributed by atoms with Crippen LogP contribution in [-0.4, -0.2) is 12.7 Å². The maximum absolute atomic E-state index is 5.15. The Morgan fingerprint density at radius 3 is 2.43 bits per heavy atom. The Bertz CT molecular complexity index is 37.4. The Hall–Kier alpha value is -0.0400. The summed E-state index contributed by atoms with van der Waals surface area (Å²) in [5.74, 6) is 0. The molecule has 1 rings (SSSR count). The van der Waals surface area contributed by atoms with Gasteiger partial charge in [-0.25, -0.2) is 0 Å². The van der Waals surface area contributed by atoms with Gasteiger partial charge in [-0.3, -0.25) is 0 Å². The van der Waals surface area contributed by atoms with E-state index in [-0.39, 0.29) is 7.43 Å². The molecule has 0 aliphatic carbocycles. The largest absolute Gasteiger partial charge is 0.379 e. The molecule has 0 unspecified atom stereocenters. The molecule has 44 valence electrons. The third kappa shape index (κ3) is 1.93. The van der Waals surface area contributed by atoms with Gasteiger partial charge in [0.25, 0.3) is 0 Å². The van der Waals surface area contributed by atoms with E-state index in [1.807, 2.05) is 0 Å². The third-order valence-electron chi connectivity index (χ3n) is 1.16. The molecule has 0 radical (unpaired) electrons. The smallest absolute Gasteiger partial charge is 0.0547 e. The molecule has 0 amide bonds. The van der Waals surface area contributed by atoms with Crippen LogP contribution in [0.25, 0.3) is 0 Å². The summed E-state index contributed by atoms with van der Waals surface area (Å²) < 4.78 is 5.15. The van der Waals surface area contributed by atoms with Crippen molar-refractivity contribution in [2.75, 3.05) is 6.61 Å². The van der Waals surface area contributed by atoms with E-state index < -0.39 is 0 Å². The second-order valence-corrected chi connectivity index (χ2v) is 1.82. The van der Waals surface area contributed by atoms with Gasteiger partial charge in [-0.15, -0.1) is 0 Å². The number of hydrogen-bond donors (Lipinski definition) is 0. The van der Waals surface area contributed by atoms with Crippen molar-refractivity contribution in [1.82, 2.24) is 0 Å². The first kappa shape index (κ1) is 6.96. The maximum atomic E-state index is 5.15. The van der Waals surface area contributed by atoms with Crippen molar-refractivity contribution in [3.05, 3.63) is 0 Å². The number of rotatable bonds is 0. The summed E-state index contributed by atoms with van der Waals surface area (Å²) >= 11 is 0. The summed E-state index contributed by atoms with van der Waals surface area (Å²) in [4.78, 5) is 0. The lowest BCUT2D eigenvalue weighted by molar-refractivity contribution is 0.125. The van der Waals surface area contributed by atoms with E-state index in [2.05, 4.69) is 6.92 Å². The van der Waals surface area contributed by atoms with Gasteiger partial charge in [-0.2, -0.15) is 0 Å². The van der Waals surface area contributed by atoms with Crippen LogP contribution in [0.15, 0.2) is 0 Å². The predicted molar refractivity (Wildman–Crippen MR) is 31.4 cm³/mol. The van der Waals surface area contributed by atoms with E-state index >= 15 is 0 Å². The Balaban J connectivity index is 0.000000360. The molecule has 0 aromatic heterocycles. The summed E-state index contributed by atoms with van der Waals surface area (Å²) in [5.41, 5.74) is 0. The van der Waals surface area contributed by atoms with Crippen LogP contribution in [0.1, 0.15) is 27.2 Å². The molecule has 1 fully saturated rings.